The molecule has 0 spiro atoms. The molecular formula is C12H12Br2F2O2. The van der Waals surface area contributed by atoms with Crippen molar-refractivity contribution >= 4 is 37.8 Å². The lowest BCUT2D eigenvalue weighted by molar-refractivity contribution is -0.137. The van der Waals surface area contributed by atoms with Gasteiger partial charge in [0.2, 0.25) is 0 Å². The van der Waals surface area contributed by atoms with Gasteiger partial charge in [-0.25, -0.2) is 8.78 Å². The smallest absolute Gasteiger partial charge is 0.303 e. The maximum absolute atomic E-state index is 13.9. The molecule has 2 nitrogen and oxygen atoms in total. The van der Waals surface area contributed by atoms with Crippen molar-refractivity contribution in [2.24, 2.45) is 0 Å². The molecule has 0 aliphatic rings. The lowest BCUT2D eigenvalue weighted by Gasteiger charge is -2.19. The van der Waals surface area contributed by atoms with Crippen molar-refractivity contribution in [1.29, 1.82) is 0 Å². The van der Waals surface area contributed by atoms with Gasteiger partial charge in [0.1, 0.15) is 0 Å². The number of aryl methyl sites for hydroxylation is 1. The lowest BCUT2D eigenvalue weighted by Crippen LogP contribution is -2.15. The Labute approximate surface area is 121 Å². The van der Waals surface area contributed by atoms with Crippen LogP contribution in [-0.4, -0.2) is 11.1 Å². The van der Waals surface area contributed by atoms with E-state index in [-0.39, 0.29) is 18.4 Å². The number of hydrogen-bond acceptors (Lipinski definition) is 1. The number of rotatable bonds is 5. The summed E-state index contributed by atoms with van der Waals surface area (Å²) >= 11 is 6.34. The van der Waals surface area contributed by atoms with E-state index in [4.69, 9.17) is 5.11 Å². The Balaban J connectivity index is 2.90. The second-order valence-electron chi connectivity index (χ2n) is 4.03. The van der Waals surface area contributed by atoms with Crippen molar-refractivity contribution in [2.45, 2.75) is 32.1 Å². The summed E-state index contributed by atoms with van der Waals surface area (Å²) in [6.07, 6.45) is -0.784. The first-order chi connectivity index (χ1) is 8.24. The van der Waals surface area contributed by atoms with Crippen molar-refractivity contribution in [3.05, 3.63) is 32.2 Å². The molecule has 0 bridgehead atoms. The van der Waals surface area contributed by atoms with E-state index in [1.807, 2.05) is 0 Å². The number of hydrogen-bond donors (Lipinski definition) is 1. The highest BCUT2D eigenvalue weighted by molar-refractivity contribution is 9.11. The molecule has 1 rings (SSSR count). The highest BCUT2D eigenvalue weighted by atomic mass is 79.9. The number of halogens is 4. The van der Waals surface area contributed by atoms with Crippen molar-refractivity contribution in [3.63, 3.8) is 0 Å². The van der Waals surface area contributed by atoms with Crippen LogP contribution in [0.3, 0.4) is 0 Å². The van der Waals surface area contributed by atoms with Crippen LogP contribution < -0.4 is 0 Å². The Morgan fingerprint density at radius 3 is 2.50 bits per heavy atom. The van der Waals surface area contributed by atoms with Crippen molar-refractivity contribution in [3.8, 4) is 0 Å². The summed E-state index contributed by atoms with van der Waals surface area (Å²) in [5, 5.41) is 8.45. The van der Waals surface area contributed by atoms with Crippen LogP contribution in [0.1, 0.15) is 30.4 Å². The highest BCUT2D eigenvalue weighted by Gasteiger charge is 2.33. The average molecular weight is 386 g/mol. The maximum atomic E-state index is 13.9. The number of alkyl halides is 2. The molecule has 0 amide bonds. The topological polar surface area (TPSA) is 37.3 Å². The van der Waals surface area contributed by atoms with Gasteiger partial charge in [0.25, 0.3) is 5.92 Å². The van der Waals surface area contributed by atoms with Gasteiger partial charge in [-0.3, -0.25) is 4.79 Å². The van der Waals surface area contributed by atoms with E-state index in [0.29, 0.717) is 8.95 Å². The van der Waals surface area contributed by atoms with Crippen LogP contribution in [0, 0.1) is 6.92 Å². The molecule has 18 heavy (non-hydrogen) atoms. The van der Waals surface area contributed by atoms with E-state index in [9.17, 15) is 13.6 Å². The zero-order valence-electron chi connectivity index (χ0n) is 9.64. The third-order valence-corrected chi connectivity index (χ3v) is 4.03. The Kier molecular flexibility index (Phi) is 5.28. The molecule has 0 saturated carbocycles. The van der Waals surface area contributed by atoms with Gasteiger partial charge in [-0.2, -0.15) is 0 Å². The Morgan fingerprint density at radius 2 is 1.94 bits per heavy atom. The first kappa shape index (κ1) is 15.6. The minimum absolute atomic E-state index is 0.0553. The van der Waals surface area contributed by atoms with Gasteiger partial charge in [0.15, 0.2) is 0 Å². The van der Waals surface area contributed by atoms with E-state index >= 15 is 0 Å². The molecule has 0 atom stereocenters. The molecule has 1 N–H and O–H groups in total. The molecule has 0 heterocycles. The van der Waals surface area contributed by atoms with Crippen LogP contribution in [-0.2, 0) is 10.7 Å². The lowest BCUT2D eigenvalue weighted by atomic mass is 10.0. The van der Waals surface area contributed by atoms with Gasteiger partial charge >= 0.3 is 5.97 Å². The van der Waals surface area contributed by atoms with Crippen LogP contribution in [0.2, 0.25) is 0 Å². The van der Waals surface area contributed by atoms with Crippen LogP contribution in [0.5, 0.6) is 0 Å². The SMILES string of the molecule is Cc1cc(Br)c(C(F)(F)CCCC(=O)O)cc1Br. The van der Waals surface area contributed by atoms with Crippen LogP contribution in [0.15, 0.2) is 21.1 Å². The van der Waals surface area contributed by atoms with Gasteiger partial charge < -0.3 is 5.11 Å². The van der Waals surface area contributed by atoms with Crippen LogP contribution >= 0.6 is 31.9 Å². The summed E-state index contributed by atoms with van der Waals surface area (Å²) in [4.78, 5) is 10.3. The summed E-state index contributed by atoms with van der Waals surface area (Å²) in [6.45, 7) is 1.81. The summed E-state index contributed by atoms with van der Waals surface area (Å²) in [6, 6.07) is 2.99. The minimum atomic E-state index is -3.04. The van der Waals surface area contributed by atoms with Gasteiger partial charge in [0, 0.05) is 27.4 Å². The van der Waals surface area contributed by atoms with Crippen molar-refractivity contribution < 1.29 is 18.7 Å². The molecule has 100 valence electrons. The molecule has 1 aromatic carbocycles. The number of carboxylic acids is 1. The summed E-state index contributed by atoms with van der Waals surface area (Å²) < 4.78 is 28.8. The predicted octanol–water partition coefficient (Wildman–Crippen LogP) is 4.87. The molecule has 0 saturated heterocycles. The molecule has 0 aliphatic carbocycles. The normalized spacial score (nSPS) is 11.6. The summed E-state index contributed by atoms with van der Waals surface area (Å²) in [7, 11) is 0. The summed E-state index contributed by atoms with van der Waals surface area (Å²) in [5.74, 6) is -4.10. The van der Waals surface area contributed by atoms with E-state index in [1.165, 1.54) is 6.07 Å². The predicted molar refractivity (Wildman–Crippen MR) is 72.0 cm³/mol. The Bertz CT molecular complexity index is 462. The van der Waals surface area contributed by atoms with Gasteiger partial charge in [-0.15, -0.1) is 0 Å². The molecule has 0 aliphatic heterocycles. The Morgan fingerprint density at radius 1 is 1.33 bits per heavy atom. The monoisotopic (exact) mass is 384 g/mol. The van der Waals surface area contributed by atoms with Gasteiger partial charge in [0.05, 0.1) is 0 Å². The van der Waals surface area contributed by atoms with Gasteiger partial charge in [-0.1, -0.05) is 31.9 Å². The maximum Gasteiger partial charge on any atom is 0.303 e. The second-order valence-corrected chi connectivity index (χ2v) is 5.74. The number of carbonyl (C=O) groups is 1. The molecule has 0 unspecified atom stereocenters. The molecule has 1 aromatic rings. The van der Waals surface area contributed by atoms with Gasteiger partial charge in [-0.05, 0) is 31.0 Å². The van der Waals surface area contributed by atoms with E-state index in [0.717, 1.165) is 5.56 Å². The zero-order valence-corrected chi connectivity index (χ0v) is 12.8. The largest absolute Gasteiger partial charge is 0.481 e. The molecule has 0 radical (unpaired) electrons. The third kappa shape index (κ3) is 4.02. The zero-order chi connectivity index (χ0) is 13.9. The van der Waals surface area contributed by atoms with Crippen molar-refractivity contribution in [1.82, 2.24) is 0 Å². The van der Waals surface area contributed by atoms with Crippen LogP contribution in [0.4, 0.5) is 8.78 Å². The fourth-order valence-electron chi connectivity index (χ4n) is 1.52. The first-order valence-electron chi connectivity index (χ1n) is 5.30. The fraction of sp³-hybridized carbons (Fsp3) is 0.417. The average Bonchev–Trinajstić information content (AvgIpc) is 2.22. The van der Waals surface area contributed by atoms with E-state index < -0.39 is 18.3 Å². The van der Waals surface area contributed by atoms with Crippen molar-refractivity contribution in [2.75, 3.05) is 0 Å². The standard InChI is InChI=1S/C12H12Br2F2O2/c1-7-5-10(14)8(6-9(7)13)12(15,16)4-2-3-11(17)18/h5-6H,2-4H2,1H3,(H,17,18). The molecular weight excluding hydrogens is 374 g/mol. The van der Waals surface area contributed by atoms with E-state index in [1.54, 1.807) is 13.0 Å². The second kappa shape index (κ2) is 6.10. The Hall–Kier alpha value is -0.490. The highest BCUT2D eigenvalue weighted by Crippen LogP contribution is 2.40. The third-order valence-electron chi connectivity index (χ3n) is 2.52. The number of aliphatic carboxylic acids is 1. The van der Waals surface area contributed by atoms with E-state index in [2.05, 4.69) is 31.9 Å². The quantitative estimate of drug-likeness (QED) is 0.785. The summed E-state index contributed by atoms with van der Waals surface area (Å²) in [5.41, 5.74) is 0.734. The minimum Gasteiger partial charge on any atom is -0.481 e. The fourth-order valence-corrected chi connectivity index (χ4v) is 2.61. The first-order valence-corrected chi connectivity index (χ1v) is 6.88. The number of carboxylic acid groups (broad SMARTS) is 1. The van der Waals surface area contributed by atoms with Crippen LogP contribution in [0.25, 0.3) is 0 Å². The number of benzene rings is 1. The molecule has 0 fully saturated rings. The molecule has 6 heteroatoms. The molecule has 0 aromatic heterocycles.